The third-order valence-electron chi connectivity index (χ3n) is 29.6. The number of rotatable bonds is 109. The van der Waals surface area contributed by atoms with Crippen LogP contribution in [0.1, 0.15) is 615 Å². The summed E-state index contributed by atoms with van der Waals surface area (Å²) in [6.07, 6.45) is 97.3. The first kappa shape index (κ1) is 130. The Kier molecular flexibility index (Phi) is 98.9. The van der Waals surface area contributed by atoms with Gasteiger partial charge in [0.25, 0.3) is 0 Å². The summed E-state index contributed by atoms with van der Waals surface area (Å²) in [5, 5.41) is 0. The second-order valence-corrected chi connectivity index (χ2v) is 42.6. The molecule has 1 fully saturated rings. The van der Waals surface area contributed by atoms with Crippen LogP contribution >= 0.6 is 0 Å². The maximum Gasteiger partial charge on any atom is 0.307 e. The van der Waals surface area contributed by atoms with Crippen LogP contribution in [-0.4, -0.2) is 183 Å². The van der Waals surface area contributed by atoms with Gasteiger partial charge in [0.2, 0.25) is 0 Å². The van der Waals surface area contributed by atoms with E-state index in [-0.39, 0.29) is 73.2 Å². The Labute approximate surface area is 840 Å². The zero-order valence-corrected chi connectivity index (χ0v) is 92.4. The fourth-order valence-corrected chi connectivity index (χ4v) is 20.2. The van der Waals surface area contributed by atoms with E-state index < -0.39 is 0 Å². The van der Waals surface area contributed by atoms with Crippen LogP contribution in [0.3, 0.4) is 0 Å². The number of esters is 5. The second kappa shape index (κ2) is 103. The summed E-state index contributed by atoms with van der Waals surface area (Å²) in [6, 6.07) is 0. The van der Waals surface area contributed by atoms with Crippen LogP contribution in [0, 0.1) is 0 Å². The predicted molar refractivity (Wildman–Crippen MR) is 581 cm³/mol. The molecule has 5 unspecified atom stereocenters. The van der Waals surface area contributed by atoms with Gasteiger partial charge in [0.15, 0.2) is 0 Å². The third kappa shape index (κ3) is 88.6. The molecule has 0 amide bonds. The number of carbonyl (C=O) groups excluding carboxylic acids is 5. The largest absolute Gasteiger partial charge is 0.462 e. The van der Waals surface area contributed by atoms with Crippen molar-refractivity contribution in [2.45, 2.75) is 646 Å². The lowest BCUT2D eigenvalue weighted by atomic mass is 10.0. The van der Waals surface area contributed by atoms with Crippen LogP contribution in [0.2, 0.25) is 0 Å². The number of piperazine rings is 1. The van der Waals surface area contributed by atoms with E-state index >= 15 is 0 Å². The third-order valence-corrected chi connectivity index (χ3v) is 29.6. The van der Waals surface area contributed by atoms with Crippen LogP contribution in [0.4, 0.5) is 0 Å². The average Bonchev–Trinajstić information content (AvgIpc) is 0.894. The first-order valence-electron chi connectivity index (χ1n) is 60.9. The molecule has 1 heterocycles. The van der Waals surface area contributed by atoms with E-state index in [1.807, 2.05) is 0 Å². The highest BCUT2D eigenvalue weighted by Crippen LogP contribution is 2.27. The van der Waals surface area contributed by atoms with Gasteiger partial charge in [0.1, 0.15) is 30.5 Å². The number of nitrogens with zero attached hydrogens (tertiary/aromatic N) is 5. The number of ether oxygens (including phenoxy) is 5. The van der Waals surface area contributed by atoms with Crippen molar-refractivity contribution in [3.8, 4) is 0 Å². The fourth-order valence-electron chi connectivity index (χ4n) is 20.2. The predicted octanol–water partition coefficient (Wildman–Crippen LogP) is 34.4. The van der Waals surface area contributed by atoms with Gasteiger partial charge >= 0.3 is 29.8 Å². The number of unbranched alkanes of at least 4 members (excludes halogenated alkanes) is 60. The van der Waals surface area contributed by atoms with E-state index in [4.69, 9.17) is 23.7 Å². The van der Waals surface area contributed by atoms with Crippen molar-refractivity contribution in [3.05, 3.63) is 0 Å². The van der Waals surface area contributed by atoms with E-state index in [0.29, 0.717) is 65.1 Å². The summed E-state index contributed by atoms with van der Waals surface area (Å²) in [5.74, 6) is -0.559. The molecule has 800 valence electrons. The molecular weight excluding hydrogens is 1670 g/mol. The van der Waals surface area contributed by atoms with Gasteiger partial charge in [-0.1, -0.05) is 454 Å². The molecule has 0 bridgehead atoms. The van der Waals surface area contributed by atoms with Gasteiger partial charge < -0.3 is 38.4 Å². The summed E-state index contributed by atoms with van der Waals surface area (Å²) in [4.78, 5) is 84.3. The zero-order valence-electron chi connectivity index (χ0n) is 92.4. The van der Waals surface area contributed by atoms with Crippen molar-refractivity contribution in [2.24, 2.45) is 0 Å². The van der Waals surface area contributed by atoms with E-state index in [2.05, 4.69) is 93.7 Å². The van der Waals surface area contributed by atoms with Crippen molar-refractivity contribution < 1.29 is 47.7 Å². The molecule has 0 aliphatic carbocycles. The minimum absolute atomic E-state index is 0.0406. The molecule has 0 aromatic rings. The minimum Gasteiger partial charge on any atom is -0.462 e. The standard InChI is InChI=1S/C120H235N5O10/c1-11-21-31-41-51-56-66-76-86-111(81-71-61-46-36-26-16-6)131-116(126)91-96-121(97-92-117(127)132-112(82-72-62-47-37-27-17-7)87-77-67-57-52-42-32-22-12-2)101-103-123(100-95-120(130)135-115(85-75-65-50-40-30-20-10)90-80-70-60-55-45-35-25-15-5)104-106-125-109-107-124(108-110-125)105-102-122(98-93-118(128)133-113(83-73-63-48-38-28-18-8)88-78-68-58-53-43-33-23-13-3)99-94-119(129)134-114(84-74-64-49-39-29-19-9)89-79-69-59-54-44-34-24-14-4/h111-115H,11-110H2,1-10H3. The molecule has 15 heteroatoms. The summed E-state index contributed by atoms with van der Waals surface area (Å²) >= 11 is 0. The lowest BCUT2D eigenvalue weighted by molar-refractivity contribution is -0.152. The highest BCUT2D eigenvalue weighted by Gasteiger charge is 2.26. The van der Waals surface area contributed by atoms with Gasteiger partial charge in [-0.15, -0.1) is 0 Å². The molecule has 0 saturated carbocycles. The minimum atomic E-state index is -0.130. The van der Waals surface area contributed by atoms with Crippen LogP contribution in [0.25, 0.3) is 0 Å². The van der Waals surface area contributed by atoms with Crippen molar-refractivity contribution in [1.82, 2.24) is 24.5 Å². The smallest absolute Gasteiger partial charge is 0.307 e. The molecule has 135 heavy (non-hydrogen) atoms. The Morgan fingerprint density at radius 2 is 0.289 bits per heavy atom. The molecule has 0 aromatic carbocycles. The molecular formula is C120H235N5O10. The molecule has 0 spiro atoms. The maximum absolute atomic E-state index is 14.5. The Balaban J connectivity index is 3.82. The van der Waals surface area contributed by atoms with Crippen molar-refractivity contribution >= 4 is 29.8 Å². The second-order valence-electron chi connectivity index (χ2n) is 42.6. The molecule has 0 N–H and O–H groups in total. The molecule has 15 nitrogen and oxygen atoms in total. The SMILES string of the molecule is CCCCCCCCCCC(CCCCCCCC)OC(=O)CCN(CCC(=O)OC(CCCCCCCC)CCCCCCCCCC)CCN(CCC(=O)OC(CCCCCCCC)CCCCCCCCCC)CCN1CCN(CCN(CCC(=O)OC(CCCCCCCC)CCCCCCCCCC)CCC(=O)OC(CCCCCCCC)CCCCCCCCCC)CC1. The van der Waals surface area contributed by atoms with Gasteiger partial charge in [-0.3, -0.25) is 33.8 Å². The summed E-state index contributed by atoms with van der Waals surface area (Å²) in [5.41, 5.74) is 0. The van der Waals surface area contributed by atoms with Crippen molar-refractivity contribution in [2.75, 3.05) is 98.2 Å². The van der Waals surface area contributed by atoms with Gasteiger partial charge in [-0.25, -0.2) is 0 Å². The van der Waals surface area contributed by atoms with Gasteiger partial charge in [-0.2, -0.15) is 0 Å². The van der Waals surface area contributed by atoms with Gasteiger partial charge in [0, 0.05) is 98.2 Å². The Bertz CT molecular complexity index is 2370. The molecule has 0 radical (unpaired) electrons. The number of hydrogen-bond donors (Lipinski definition) is 0. The monoisotopic (exact) mass is 1910 g/mol. The summed E-state index contributed by atoms with van der Waals surface area (Å²) < 4.78 is 32.7. The molecule has 1 aliphatic rings. The number of hydrogen-bond acceptors (Lipinski definition) is 15. The molecule has 1 aliphatic heterocycles. The fraction of sp³-hybridized carbons (Fsp3) is 0.958. The van der Waals surface area contributed by atoms with Gasteiger partial charge in [0.05, 0.1) is 32.1 Å². The first-order valence-corrected chi connectivity index (χ1v) is 60.9. The normalized spacial score (nSPS) is 13.9. The Morgan fingerprint density at radius 1 is 0.170 bits per heavy atom. The molecule has 1 rings (SSSR count). The zero-order chi connectivity index (χ0) is 97.9. The van der Waals surface area contributed by atoms with E-state index in [1.54, 1.807) is 0 Å². The van der Waals surface area contributed by atoms with E-state index in [9.17, 15) is 24.0 Å². The lowest BCUT2D eigenvalue weighted by Crippen LogP contribution is -2.50. The summed E-state index contributed by atoms with van der Waals surface area (Å²) in [6.45, 7) is 33.7. The maximum atomic E-state index is 14.5. The molecule has 1 saturated heterocycles. The number of carbonyl (C=O) groups is 5. The highest BCUT2D eigenvalue weighted by atomic mass is 16.6. The highest BCUT2D eigenvalue weighted by molar-refractivity contribution is 5.71. The van der Waals surface area contributed by atoms with Crippen molar-refractivity contribution in [3.63, 3.8) is 0 Å². The molecule has 0 aromatic heterocycles. The Morgan fingerprint density at radius 3 is 0.430 bits per heavy atom. The topological polar surface area (TPSA) is 148 Å². The lowest BCUT2D eigenvalue weighted by Gasteiger charge is -2.37. The average molecular weight is 1910 g/mol. The quantitative estimate of drug-likeness (QED) is 0.0323. The van der Waals surface area contributed by atoms with Crippen LogP contribution in [0.15, 0.2) is 0 Å². The first-order chi connectivity index (χ1) is 66.3. The van der Waals surface area contributed by atoms with Crippen LogP contribution in [-0.2, 0) is 47.7 Å². The van der Waals surface area contributed by atoms with E-state index in [0.717, 1.165) is 181 Å². The van der Waals surface area contributed by atoms with E-state index in [1.165, 1.54) is 385 Å². The van der Waals surface area contributed by atoms with Crippen molar-refractivity contribution in [1.29, 1.82) is 0 Å². The van der Waals surface area contributed by atoms with Gasteiger partial charge in [-0.05, 0) is 128 Å². The Hall–Kier alpha value is -2.85. The molecule has 5 atom stereocenters. The van der Waals surface area contributed by atoms with Crippen LogP contribution in [0.5, 0.6) is 0 Å². The van der Waals surface area contributed by atoms with Crippen LogP contribution < -0.4 is 0 Å². The summed E-state index contributed by atoms with van der Waals surface area (Å²) in [7, 11) is 0.